The predicted molar refractivity (Wildman–Crippen MR) is 71.0 cm³/mol. The van der Waals surface area contributed by atoms with Crippen LogP contribution in [0.15, 0.2) is 28.7 Å². The number of benzene rings is 1. The second kappa shape index (κ2) is 6.29. The largest absolute Gasteiger partial charge is 0.376 e. The first kappa shape index (κ1) is 13.5. The number of ether oxygens (including phenoxy) is 2. The van der Waals surface area contributed by atoms with Gasteiger partial charge in [0.15, 0.2) is 0 Å². The Hall–Kier alpha value is -0.950. The van der Waals surface area contributed by atoms with Crippen LogP contribution in [0.25, 0.3) is 0 Å². The molecule has 1 aliphatic heterocycles. The summed E-state index contributed by atoms with van der Waals surface area (Å²) in [5.74, 6) is 5.59. The molecule has 1 aromatic carbocycles. The molecule has 18 heavy (non-hydrogen) atoms. The highest BCUT2D eigenvalue weighted by Crippen LogP contribution is 2.17. The van der Waals surface area contributed by atoms with Crippen molar-refractivity contribution in [3.05, 3.63) is 28.7 Å². The van der Waals surface area contributed by atoms with Gasteiger partial charge in [-0.2, -0.15) is 0 Å². The lowest BCUT2D eigenvalue weighted by atomic mass is 10.2. The van der Waals surface area contributed by atoms with Crippen molar-refractivity contribution in [2.24, 2.45) is 5.84 Å². The third-order valence-corrected chi connectivity index (χ3v) is 3.19. The van der Waals surface area contributed by atoms with Crippen LogP contribution < -0.4 is 10.9 Å². The molecule has 5 nitrogen and oxygen atoms in total. The van der Waals surface area contributed by atoms with Crippen LogP contribution in [0.2, 0.25) is 0 Å². The average Bonchev–Trinajstić information content (AvgIpc) is 2.40. The highest BCUT2D eigenvalue weighted by molar-refractivity contribution is 9.10. The fourth-order valence-electron chi connectivity index (χ4n) is 1.69. The number of rotatable bonds is 3. The Bertz CT molecular complexity index is 404. The lowest BCUT2D eigenvalue weighted by molar-refractivity contribution is -0.129. The molecule has 1 saturated heterocycles. The van der Waals surface area contributed by atoms with E-state index in [0.717, 1.165) is 9.48 Å². The van der Waals surface area contributed by atoms with Crippen LogP contribution in [0.1, 0.15) is 6.42 Å². The molecule has 1 unspecified atom stereocenters. The minimum atomic E-state index is -0.201. The molecule has 1 aliphatic rings. The Morgan fingerprint density at radius 1 is 1.39 bits per heavy atom. The van der Waals surface area contributed by atoms with E-state index < -0.39 is 0 Å². The number of carbonyl (C=O) groups is 1. The van der Waals surface area contributed by atoms with Gasteiger partial charge in [0.1, 0.15) is 0 Å². The molecule has 1 amide bonds. The molecule has 1 fully saturated rings. The normalized spacial score (nSPS) is 19.6. The zero-order valence-corrected chi connectivity index (χ0v) is 11.4. The van der Waals surface area contributed by atoms with Gasteiger partial charge in [0.2, 0.25) is 5.91 Å². The molecule has 2 N–H and O–H groups in total. The summed E-state index contributed by atoms with van der Waals surface area (Å²) in [5.41, 5.74) is 0.653. The van der Waals surface area contributed by atoms with Crippen LogP contribution in [0, 0.1) is 0 Å². The summed E-state index contributed by atoms with van der Waals surface area (Å²) < 4.78 is 11.6. The number of hydrogen-bond donors (Lipinski definition) is 1. The predicted octanol–water partition coefficient (Wildman–Crippen LogP) is 1.46. The van der Waals surface area contributed by atoms with Gasteiger partial charge in [0.25, 0.3) is 0 Å². The number of halogens is 1. The number of amides is 1. The molecule has 6 heteroatoms. The smallest absolute Gasteiger partial charge is 0.243 e. The second-order valence-electron chi connectivity index (χ2n) is 4.01. The Kier molecular flexibility index (Phi) is 4.71. The van der Waals surface area contributed by atoms with Crippen molar-refractivity contribution in [1.29, 1.82) is 0 Å². The molecule has 0 aliphatic carbocycles. The van der Waals surface area contributed by atoms with E-state index in [9.17, 15) is 4.79 Å². The van der Waals surface area contributed by atoms with Gasteiger partial charge in [-0.05, 0) is 24.3 Å². The van der Waals surface area contributed by atoms with Crippen molar-refractivity contribution in [2.45, 2.75) is 12.5 Å². The van der Waals surface area contributed by atoms with E-state index in [4.69, 9.17) is 15.3 Å². The highest BCUT2D eigenvalue weighted by Gasteiger charge is 2.21. The summed E-state index contributed by atoms with van der Waals surface area (Å²) in [6.07, 6.45) is 0.0276. The Balaban J connectivity index is 1.93. The molecule has 2 rings (SSSR count). The van der Waals surface area contributed by atoms with Crippen LogP contribution in [0.5, 0.6) is 0 Å². The number of hydrazine groups is 1. The van der Waals surface area contributed by atoms with Crippen molar-refractivity contribution >= 4 is 27.5 Å². The lowest BCUT2D eigenvalue weighted by Crippen LogP contribution is -2.41. The molecular weight excluding hydrogens is 300 g/mol. The Morgan fingerprint density at radius 3 is 2.72 bits per heavy atom. The zero-order valence-electron chi connectivity index (χ0n) is 9.84. The molecule has 98 valence electrons. The Morgan fingerprint density at radius 2 is 2.11 bits per heavy atom. The second-order valence-corrected chi connectivity index (χ2v) is 4.93. The van der Waals surface area contributed by atoms with Crippen molar-refractivity contribution in [1.82, 2.24) is 0 Å². The van der Waals surface area contributed by atoms with Crippen molar-refractivity contribution in [3.63, 3.8) is 0 Å². The van der Waals surface area contributed by atoms with Gasteiger partial charge in [-0.15, -0.1) is 0 Å². The minimum Gasteiger partial charge on any atom is -0.376 e. The third kappa shape index (κ3) is 3.52. The third-order valence-electron chi connectivity index (χ3n) is 2.66. The monoisotopic (exact) mass is 314 g/mol. The van der Waals surface area contributed by atoms with Crippen LogP contribution in [-0.2, 0) is 14.3 Å². The molecule has 0 saturated carbocycles. The van der Waals surface area contributed by atoms with Gasteiger partial charge >= 0.3 is 0 Å². The maximum atomic E-state index is 12.0. The minimum absolute atomic E-state index is 0.187. The topological polar surface area (TPSA) is 64.8 Å². The van der Waals surface area contributed by atoms with Gasteiger partial charge in [0.05, 0.1) is 38.0 Å². The molecule has 0 aromatic heterocycles. The number of nitrogens with two attached hydrogens (primary N) is 1. The van der Waals surface area contributed by atoms with Crippen LogP contribution in [0.4, 0.5) is 5.69 Å². The first-order valence-corrected chi connectivity index (χ1v) is 6.48. The highest BCUT2D eigenvalue weighted by atomic mass is 79.9. The van der Waals surface area contributed by atoms with E-state index in [2.05, 4.69) is 15.9 Å². The van der Waals surface area contributed by atoms with E-state index in [0.29, 0.717) is 25.5 Å². The summed E-state index contributed by atoms with van der Waals surface area (Å²) in [6.45, 7) is 1.56. The Labute approximate surface area is 114 Å². The molecule has 1 aromatic rings. The first-order valence-electron chi connectivity index (χ1n) is 5.69. The summed E-state index contributed by atoms with van der Waals surface area (Å²) in [7, 11) is 0. The van der Waals surface area contributed by atoms with Crippen molar-refractivity contribution in [3.8, 4) is 0 Å². The lowest BCUT2D eigenvalue weighted by Gasteiger charge is -2.24. The molecule has 0 radical (unpaired) electrons. The summed E-state index contributed by atoms with van der Waals surface area (Å²) in [4.78, 5) is 12.0. The fourth-order valence-corrected chi connectivity index (χ4v) is 1.96. The van der Waals surface area contributed by atoms with E-state index in [1.807, 2.05) is 12.1 Å². The quantitative estimate of drug-likeness (QED) is 0.521. The van der Waals surface area contributed by atoms with Gasteiger partial charge in [-0.3, -0.25) is 4.79 Å². The molecule has 0 bridgehead atoms. The van der Waals surface area contributed by atoms with E-state index in [1.165, 1.54) is 0 Å². The summed E-state index contributed by atoms with van der Waals surface area (Å²) in [5, 5.41) is 1.14. The van der Waals surface area contributed by atoms with E-state index >= 15 is 0 Å². The zero-order chi connectivity index (χ0) is 13.0. The van der Waals surface area contributed by atoms with Gasteiger partial charge in [0, 0.05) is 4.47 Å². The molecule has 1 heterocycles. The van der Waals surface area contributed by atoms with Crippen molar-refractivity contribution in [2.75, 3.05) is 24.8 Å². The number of hydrogen-bond acceptors (Lipinski definition) is 4. The van der Waals surface area contributed by atoms with E-state index in [-0.39, 0.29) is 18.4 Å². The first-order chi connectivity index (χ1) is 8.66. The summed E-state index contributed by atoms with van der Waals surface area (Å²) in [6, 6.07) is 7.23. The number of carbonyl (C=O) groups excluding carboxylic acids is 1. The number of nitrogens with zero attached hydrogens (tertiary/aromatic N) is 1. The molecular formula is C12H15BrN2O3. The molecule has 1 atom stereocenters. The van der Waals surface area contributed by atoms with Gasteiger partial charge < -0.3 is 9.47 Å². The van der Waals surface area contributed by atoms with Gasteiger partial charge in [-0.1, -0.05) is 15.9 Å². The van der Waals surface area contributed by atoms with Crippen LogP contribution in [0.3, 0.4) is 0 Å². The fraction of sp³-hybridized carbons (Fsp3) is 0.417. The maximum absolute atomic E-state index is 12.0. The average molecular weight is 315 g/mol. The van der Waals surface area contributed by atoms with Crippen LogP contribution >= 0.6 is 15.9 Å². The molecule has 0 spiro atoms. The van der Waals surface area contributed by atoms with Crippen LogP contribution in [-0.4, -0.2) is 31.8 Å². The van der Waals surface area contributed by atoms with E-state index in [1.54, 1.807) is 12.1 Å². The SMILES string of the molecule is NN(C(=O)CC1COCCO1)c1ccc(Br)cc1. The van der Waals surface area contributed by atoms with Crippen molar-refractivity contribution < 1.29 is 14.3 Å². The van der Waals surface area contributed by atoms with Gasteiger partial charge in [-0.25, -0.2) is 10.9 Å². The number of anilines is 1. The summed E-state index contributed by atoms with van der Waals surface area (Å²) >= 11 is 3.33. The maximum Gasteiger partial charge on any atom is 0.243 e. The standard InChI is InChI=1S/C12H15BrN2O3/c13-9-1-3-10(4-2-9)15(14)12(16)7-11-8-17-5-6-18-11/h1-4,11H,5-8,14H2.